The summed E-state index contributed by atoms with van der Waals surface area (Å²) in [5.41, 5.74) is 0.593. The fraction of sp³-hybridized carbons (Fsp3) is 0.429. The minimum Gasteiger partial charge on any atom is -0.381 e. The minimum atomic E-state index is -0.295. The average molecular weight is 437 g/mol. The molecule has 5 rings (SSSR count). The Morgan fingerprint density at radius 1 is 1.31 bits per heavy atom. The molecule has 2 aliphatic rings. The van der Waals surface area contributed by atoms with Crippen molar-refractivity contribution in [1.29, 1.82) is 0 Å². The summed E-state index contributed by atoms with van der Waals surface area (Å²) < 4.78 is 5.70. The molecule has 0 saturated carbocycles. The van der Waals surface area contributed by atoms with Crippen molar-refractivity contribution in [2.45, 2.75) is 12.8 Å². The fourth-order valence-corrected chi connectivity index (χ4v) is 4.70. The second-order valence-corrected chi connectivity index (χ2v) is 8.40. The highest BCUT2D eigenvalue weighted by atomic mass is 16.5. The fourth-order valence-electron chi connectivity index (χ4n) is 4.70. The van der Waals surface area contributed by atoms with Crippen molar-refractivity contribution in [2.75, 3.05) is 32.8 Å². The molecule has 3 aromatic rings. The smallest absolute Gasteiger partial charge is 0.276 e. The average Bonchev–Trinajstić information content (AvgIpc) is 3.51. The molecule has 2 saturated heterocycles. The lowest BCUT2D eigenvalue weighted by atomic mass is 9.69. The standard InChI is InChI=1S/C21H23N7O4/c29-18(14-7-13-1-4-22-19(30)17(13)23-8-14)24-9-15-11-28(20(31)16-10-25-27-26-16)5-2-21(15)3-6-32-12-21/h1,4,7-8,10,15H,2-3,5-6,9,11-12H2,(H,22,30)(H,24,29)(H,25,26,27). The number of carbonyl (C=O) groups excluding carboxylic acids is 2. The summed E-state index contributed by atoms with van der Waals surface area (Å²) >= 11 is 0. The number of pyridine rings is 2. The molecule has 2 fully saturated rings. The summed E-state index contributed by atoms with van der Waals surface area (Å²) in [4.78, 5) is 45.9. The van der Waals surface area contributed by atoms with Crippen molar-refractivity contribution in [1.82, 2.24) is 35.6 Å². The van der Waals surface area contributed by atoms with Gasteiger partial charge < -0.3 is 19.9 Å². The number of hydrogen-bond donors (Lipinski definition) is 3. The van der Waals surface area contributed by atoms with E-state index in [4.69, 9.17) is 4.74 Å². The van der Waals surface area contributed by atoms with Crippen LogP contribution in [0.3, 0.4) is 0 Å². The van der Waals surface area contributed by atoms with Gasteiger partial charge in [0.05, 0.1) is 18.4 Å². The number of aromatic amines is 2. The van der Waals surface area contributed by atoms with Crippen molar-refractivity contribution < 1.29 is 14.3 Å². The van der Waals surface area contributed by atoms with Gasteiger partial charge in [-0.1, -0.05) is 0 Å². The molecule has 2 unspecified atom stereocenters. The van der Waals surface area contributed by atoms with Gasteiger partial charge >= 0.3 is 0 Å². The number of likely N-dealkylation sites (tertiary alicyclic amines) is 1. The van der Waals surface area contributed by atoms with Crippen LogP contribution in [-0.2, 0) is 4.74 Å². The molecule has 1 spiro atoms. The summed E-state index contributed by atoms with van der Waals surface area (Å²) in [5.74, 6) is -0.406. The third-order valence-corrected chi connectivity index (χ3v) is 6.62. The number of carbonyl (C=O) groups is 2. The predicted molar refractivity (Wildman–Crippen MR) is 113 cm³/mol. The Balaban J connectivity index is 1.31. The van der Waals surface area contributed by atoms with E-state index in [2.05, 4.69) is 30.7 Å². The topological polar surface area (TPSA) is 146 Å². The summed E-state index contributed by atoms with van der Waals surface area (Å²) in [6.45, 7) is 2.83. The number of ether oxygens (including phenoxy) is 1. The maximum absolute atomic E-state index is 12.9. The van der Waals surface area contributed by atoms with Crippen LogP contribution < -0.4 is 10.9 Å². The number of rotatable bonds is 4. The van der Waals surface area contributed by atoms with Gasteiger partial charge in [0.25, 0.3) is 17.4 Å². The summed E-state index contributed by atoms with van der Waals surface area (Å²) in [6.07, 6.45) is 6.06. The normalized spacial score (nSPS) is 23.0. The monoisotopic (exact) mass is 437 g/mol. The number of H-pyrrole nitrogens is 2. The Morgan fingerprint density at radius 3 is 3.00 bits per heavy atom. The van der Waals surface area contributed by atoms with E-state index in [0.29, 0.717) is 49.3 Å². The van der Waals surface area contributed by atoms with E-state index in [-0.39, 0.29) is 34.4 Å². The van der Waals surface area contributed by atoms with Crippen molar-refractivity contribution in [3.05, 3.63) is 52.3 Å². The zero-order valence-electron chi connectivity index (χ0n) is 17.3. The quantitative estimate of drug-likeness (QED) is 0.533. The van der Waals surface area contributed by atoms with Gasteiger partial charge in [-0.15, -0.1) is 0 Å². The highest BCUT2D eigenvalue weighted by Gasteiger charge is 2.46. The van der Waals surface area contributed by atoms with Crippen LogP contribution in [0.5, 0.6) is 0 Å². The molecule has 2 aliphatic heterocycles. The minimum absolute atomic E-state index is 0.0369. The van der Waals surface area contributed by atoms with Gasteiger partial charge in [-0.3, -0.25) is 14.4 Å². The zero-order valence-corrected chi connectivity index (χ0v) is 17.3. The summed E-state index contributed by atoms with van der Waals surface area (Å²) in [7, 11) is 0. The highest BCUT2D eigenvalue weighted by molar-refractivity contribution is 5.97. The molecule has 0 aromatic carbocycles. The van der Waals surface area contributed by atoms with Gasteiger partial charge in [0.2, 0.25) is 0 Å². The number of aromatic nitrogens is 5. The maximum Gasteiger partial charge on any atom is 0.276 e. The first kappa shape index (κ1) is 20.3. The molecule has 3 aromatic heterocycles. The lowest BCUT2D eigenvalue weighted by Crippen LogP contribution is -2.53. The van der Waals surface area contributed by atoms with Gasteiger partial charge in [-0.05, 0) is 25.0 Å². The molecule has 11 nitrogen and oxygen atoms in total. The lowest BCUT2D eigenvalue weighted by molar-refractivity contribution is 0.0196. The number of nitrogens with zero attached hydrogens (tertiary/aromatic N) is 4. The SMILES string of the molecule is O=C(NCC1CN(C(=O)c2cn[nH]n2)CCC12CCOC2)c1cnc2c(=O)[nH]ccc2c1. The molecule has 166 valence electrons. The first-order chi connectivity index (χ1) is 15.6. The first-order valence-corrected chi connectivity index (χ1v) is 10.5. The third kappa shape index (κ3) is 3.64. The van der Waals surface area contributed by atoms with Gasteiger partial charge in [0.15, 0.2) is 5.69 Å². The summed E-state index contributed by atoms with van der Waals surface area (Å²) in [5, 5.41) is 13.7. The van der Waals surface area contributed by atoms with Crippen LogP contribution in [0, 0.1) is 11.3 Å². The predicted octanol–water partition coefficient (Wildman–Crippen LogP) is 0.340. The van der Waals surface area contributed by atoms with E-state index in [1.165, 1.54) is 18.6 Å². The molecular formula is C21H23N7O4. The number of hydrogen-bond acceptors (Lipinski definition) is 7. The Morgan fingerprint density at radius 2 is 2.22 bits per heavy atom. The van der Waals surface area contributed by atoms with Crippen LogP contribution in [0.4, 0.5) is 0 Å². The van der Waals surface area contributed by atoms with Gasteiger partial charge in [-0.2, -0.15) is 15.4 Å². The van der Waals surface area contributed by atoms with Crippen LogP contribution >= 0.6 is 0 Å². The van der Waals surface area contributed by atoms with E-state index in [9.17, 15) is 14.4 Å². The highest BCUT2D eigenvalue weighted by Crippen LogP contribution is 2.43. The van der Waals surface area contributed by atoms with E-state index in [0.717, 1.165) is 12.8 Å². The van der Waals surface area contributed by atoms with Crippen LogP contribution in [0.25, 0.3) is 10.9 Å². The zero-order chi connectivity index (χ0) is 22.1. The molecule has 32 heavy (non-hydrogen) atoms. The molecule has 0 radical (unpaired) electrons. The molecule has 2 amide bonds. The van der Waals surface area contributed by atoms with Crippen LogP contribution in [-0.4, -0.2) is 74.9 Å². The largest absolute Gasteiger partial charge is 0.381 e. The van der Waals surface area contributed by atoms with Crippen molar-refractivity contribution >= 4 is 22.7 Å². The van der Waals surface area contributed by atoms with E-state index >= 15 is 0 Å². The summed E-state index contributed by atoms with van der Waals surface area (Å²) in [6, 6.07) is 3.36. The Kier molecular flexibility index (Phi) is 5.17. The molecule has 0 bridgehead atoms. The Labute approximate surface area is 182 Å². The molecule has 0 aliphatic carbocycles. The van der Waals surface area contributed by atoms with E-state index in [1.807, 2.05) is 0 Å². The van der Waals surface area contributed by atoms with Crippen molar-refractivity contribution in [2.24, 2.45) is 11.3 Å². The number of nitrogens with one attached hydrogen (secondary N) is 3. The first-order valence-electron chi connectivity index (χ1n) is 10.5. The molecule has 5 heterocycles. The second-order valence-electron chi connectivity index (χ2n) is 8.40. The second kappa shape index (κ2) is 8.15. The van der Waals surface area contributed by atoms with Gasteiger partial charge in [0.1, 0.15) is 5.52 Å². The number of piperidine rings is 1. The molecule has 11 heteroatoms. The van der Waals surface area contributed by atoms with Gasteiger partial charge in [-0.25, -0.2) is 4.98 Å². The van der Waals surface area contributed by atoms with Crippen LogP contribution in [0.15, 0.2) is 35.5 Å². The Hall–Kier alpha value is -3.60. The molecular weight excluding hydrogens is 414 g/mol. The number of amides is 2. The maximum atomic E-state index is 12.9. The third-order valence-electron chi connectivity index (χ3n) is 6.62. The van der Waals surface area contributed by atoms with E-state index < -0.39 is 0 Å². The number of fused-ring (bicyclic) bond motifs is 1. The molecule has 3 N–H and O–H groups in total. The molecule has 2 atom stereocenters. The Bertz CT molecular complexity index is 1200. The lowest BCUT2D eigenvalue weighted by Gasteiger charge is -2.45. The van der Waals surface area contributed by atoms with Crippen molar-refractivity contribution in [3.8, 4) is 0 Å². The van der Waals surface area contributed by atoms with Gasteiger partial charge in [0, 0.05) is 55.4 Å². The van der Waals surface area contributed by atoms with E-state index in [1.54, 1.807) is 17.0 Å². The van der Waals surface area contributed by atoms with Crippen molar-refractivity contribution in [3.63, 3.8) is 0 Å². The van der Waals surface area contributed by atoms with Crippen LogP contribution in [0.2, 0.25) is 0 Å². The van der Waals surface area contributed by atoms with Crippen LogP contribution in [0.1, 0.15) is 33.7 Å².